The van der Waals surface area contributed by atoms with Crippen LogP contribution in [0.1, 0.15) is 40.5 Å². The van der Waals surface area contributed by atoms with Gasteiger partial charge in [-0.15, -0.1) is 0 Å². The second-order valence-electron chi connectivity index (χ2n) is 8.19. The van der Waals surface area contributed by atoms with E-state index in [9.17, 15) is 22.4 Å². The van der Waals surface area contributed by atoms with Crippen molar-refractivity contribution >= 4 is 34.9 Å². The Kier molecular flexibility index (Phi) is 6.24. The lowest BCUT2D eigenvalue weighted by Crippen LogP contribution is -2.44. The van der Waals surface area contributed by atoms with Crippen LogP contribution >= 0.6 is 23.2 Å². The summed E-state index contributed by atoms with van der Waals surface area (Å²) >= 11 is 11.5. The molecule has 0 saturated heterocycles. The highest BCUT2D eigenvalue weighted by atomic mass is 35.5. The lowest BCUT2D eigenvalue weighted by atomic mass is 9.89. The molecule has 6 nitrogen and oxygen atoms in total. The van der Waals surface area contributed by atoms with Crippen molar-refractivity contribution in [3.63, 3.8) is 0 Å². The number of rotatable bonds is 4. The molecule has 3 heterocycles. The molecule has 4 rings (SSSR count). The number of fused-ring (bicyclic) bond motifs is 1. The number of carbonyl (C=O) groups excluding carboxylic acids is 1. The molecule has 2 aliphatic heterocycles. The Balaban J connectivity index is 1.56. The Hall–Kier alpha value is -2.85. The van der Waals surface area contributed by atoms with Crippen molar-refractivity contribution in [2.75, 3.05) is 6.54 Å². The van der Waals surface area contributed by atoms with Crippen LogP contribution in [0.25, 0.3) is 0 Å². The molecular formula is C22H18Cl2F4N4O2. The van der Waals surface area contributed by atoms with E-state index >= 15 is 0 Å². The van der Waals surface area contributed by atoms with E-state index in [1.807, 2.05) is 0 Å². The lowest BCUT2D eigenvalue weighted by Gasteiger charge is -2.30. The van der Waals surface area contributed by atoms with Crippen LogP contribution in [-0.2, 0) is 23.5 Å². The summed E-state index contributed by atoms with van der Waals surface area (Å²) in [5.74, 6) is -1.36. The first kappa shape index (κ1) is 24.3. The van der Waals surface area contributed by atoms with Crippen LogP contribution in [0.4, 0.5) is 17.6 Å². The van der Waals surface area contributed by atoms with E-state index in [-0.39, 0.29) is 30.5 Å². The maximum absolute atomic E-state index is 14.2. The molecule has 0 spiro atoms. The molecular weight excluding hydrogens is 499 g/mol. The van der Waals surface area contributed by atoms with Gasteiger partial charge in [-0.1, -0.05) is 40.5 Å². The highest BCUT2D eigenvalue weighted by molar-refractivity contribution is 6.35. The largest absolute Gasteiger partial charge is 0.435 e. The number of alkyl halides is 3. The van der Waals surface area contributed by atoms with Crippen LogP contribution in [0.3, 0.4) is 0 Å². The Morgan fingerprint density at radius 1 is 1.24 bits per heavy atom. The Bertz CT molecular complexity index is 1190. The fraction of sp³-hybridized carbons (Fsp3) is 0.318. The molecule has 0 aliphatic carbocycles. The fourth-order valence-electron chi connectivity index (χ4n) is 3.76. The maximum atomic E-state index is 14.2. The fourth-order valence-corrected chi connectivity index (χ4v) is 4.24. The summed E-state index contributed by atoms with van der Waals surface area (Å²) in [6.07, 6.45) is -4.05. The van der Waals surface area contributed by atoms with E-state index in [2.05, 4.69) is 22.0 Å². The Morgan fingerprint density at radius 2 is 1.88 bits per heavy atom. The van der Waals surface area contributed by atoms with Gasteiger partial charge in [0, 0.05) is 31.4 Å². The normalized spacial score (nSPS) is 19.5. The molecule has 1 amide bonds. The van der Waals surface area contributed by atoms with Crippen molar-refractivity contribution in [3.05, 3.63) is 74.8 Å². The topological polar surface area (TPSA) is 66.8 Å². The molecule has 1 N–H and O–H groups in total. The van der Waals surface area contributed by atoms with Gasteiger partial charge >= 0.3 is 6.18 Å². The zero-order valence-corrected chi connectivity index (χ0v) is 19.3. The third-order valence-corrected chi connectivity index (χ3v) is 6.13. The summed E-state index contributed by atoms with van der Waals surface area (Å²) in [6, 6.07) is 3.27. The van der Waals surface area contributed by atoms with E-state index in [0.29, 0.717) is 6.54 Å². The van der Waals surface area contributed by atoms with Crippen LogP contribution in [0, 0.1) is 5.82 Å². The number of hydrogen-bond acceptors (Lipinski definition) is 5. The minimum Gasteiger partial charge on any atom is -0.372 e. The number of benzene rings is 1. The first-order valence-corrected chi connectivity index (χ1v) is 10.8. The van der Waals surface area contributed by atoms with Crippen molar-refractivity contribution in [1.29, 1.82) is 0 Å². The standard InChI is InChI=1S/C22H18Cl2F4N4O2/c1-11(2)7-30-20(33)17-3-12-9-32(10-13(12)8-29-17)18-6-21(34-31-18,22(26,27)28)14-4-15(23)19(25)16(24)5-14/h3-5,8H,1,6-7,9-10H2,2H3,(H,30,33). The zero-order chi connectivity index (χ0) is 24.8. The number of nitrogens with zero attached hydrogens (tertiary/aromatic N) is 3. The minimum atomic E-state index is -4.90. The number of amides is 1. The Morgan fingerprint density at radius 3 is 2.50 bits per heavy atom. The van der Waals surface area contributed by atoms with Gasteiger partial charge < -0.3 is 15.1 Å². The molecule has 0 saturated carbocycles. The molecule has 0 fully saturated rings. The summed E-state index contributed by atoms with van der Waals surface area (Å²) in [5.41, 5.74) is -0.884. The van der Waals surface area contributed by atoms with Gasteiger partial charge in [0.15, 0.2) is 5.82 Å². The average Bonchev–Trinajstić information content (AvgIpc) is 3.39. The number of halogens is 6. The third kappa shape index (κ3) is 4.32. The van der Waals surface area contributed by atoms with Crippen LogP contribution in [0.2, 0.25) is 10.0 Å². The number of hydrogen-bond donors (Lipinski definition) is 1. The van der Waals surface area contributed by atoms with Gasteiger partial charge in [0.05, 0.1) is 16.5 Å². The molecule has 0 radical (unpaired) electrons. The summed E-state index contributed by atoms with van der Waals surface area (Å²) < 4.78 is 56.4. The summed E-state index contributed by atoms with van der Waals surface area (Å²) in [6.45, 7) is 6.23. The van der Waals surface area contributed by atoms with Crippen molar-refractivity contribution < 1.29 is 27.2 Å². The maximum Gasteiger partial charge on any atom is 0.435 e. The minimum absolute atomic E-state index is 0.0402. The monoisotopic (exact) mass is 516 g/mol. The number of oxime groups is 1. The van der Waals surface area contributed by atoms with E-state index in [1.165, 1.54) is 6.20 Å². The van der Waals surface area contributed by atoms with E-state index in [4.69, 9.17) is 28.0 Å². The molecule has 1 aromatic carbocycles. The van der Waals surface area contributed by atoms with Gasteiger partial charge in [-0.2, -0.15) is 13.2 Å². The molecule has 1 atom stereocenters. The smallest absolute Gasteiger partial charge is 0.372 e. The number of carbonyl (C=O) groups is 1. The van der Waals surface area contributed by atoms with Crippen molar-refractivity contribution in [3.8, 4) is 0 Å². The van der Waals surface area contributed by atoms with Crippen LogP contribution in [-0.4, -0.2) is 34.3 Å². The van der Waals surface area contributed by atoms with Gasteiger partial charge in [0.1, 0.15) is 11.5 Å². The molecule has 1 aromatic heterocycles. The summed E-state index contributed by atoms with van der Waals surface area (Å²) in [4.78, 5) is 23.0. The van der Waals surface area contributed by atoms with Crippen LogP contribution in [0.15, 0.2) is 41.7 Å². The average molecular weight is 517 g/mol. The van der Waals surface area contributed by atoms with E-state index in [1.54, 1.807) is 17.9 Å². The Labute approximate surface area is 202 Å². The van der Waals surface area contributed by atoms with Crippen LogP contribution in [0.5, 0.6) is 0 Å². The molecule has 180 valence electrons. The lowest BCUT2D eigenvalue weighted by molar-refractivity contribution is -0.275. The van der Waals surface area contributed by atoms with Gasteiger partial charge in [-0.3, -0.25) is 9.78 Å². The predicted molar refractivity (Wildman–Crippen MR) is 118 cm³/mol. The number of aromatic nitrogens is 1. The molecule has 0 bridgehead atoms. The predicted octanol–water partition coefficient (Wildman–Crippen LogP) is 5.34. The number of amidine groups is 1. The van der Waals surface area contributed by atoms with Gasteiger partial charge in [0.2, 0.25) is 0 Å². The van der Waals surface area contributed by atoms with E-state index in [0.717, 1.165) is 28.8 Å². The molecule has 34 heavy (non-hydrogen) atoms. The van der Waals surface area contributed by atoms with Crippen molar-refractivity contribution in [1.82, 2.24) is 15.2 Å². The second kappa shape index (κ2) is 8.74. The zero-order valence-electron chi connectivity index (χ0n) is 17.8. The van der Waals surface area contributed by atoms with E-state index < -0.39 is 39.6 Å². The quantitative estimate of drug-likeness (QED) is 0.338. The third-order valence-electron chi connectivity index (χ3n) is 5.58. The number of pyridine rings is 1. The highest BCUT2D eigenvalue weighted by Crippen LogP contribution is 2.50. The highest BCUT2D eigenvalue weighted by Gasteiger charge is 2.63. The molecule has 2 aliphatic rings. The van der Waals surface area contributed by atoms with Crippen LogP contribution < -0.4 is 5.32 Å². The SMILES string of the molecule is C=C(C)CNC(=O)c1cc2c(cn1)CN(C1=NOC(c3cc(Cl)c(F)c(Cl)c3)(C(F)(F)F)C1)C2. The molecule has 1 unspecified atom stereocenters. The van der Waals surface area contributed by atoms with Gasteiger partial charge in [-0.05, 0) is 36.2 Å². The molecule has 12 heteroatoms. The summed E-state index contributed by atoms with van der Waals surface area (Å²) in [7, 11) is 0. The van der Waals surface area contributed by atoms with Crippen molar-refractivity contribution in [2.24, 2.45) is 5.16 Å². The second-order valence-corrected chi connectivity index (χ2v) is 9.00. The van der Waals surface area contributed by atoms with Gasteiger partial charge in [0.25, 0.3) is 11.5 Å². The molecule has 2 aromatic rings. The first-order valence-electron chi connectivity index (χ1n) is 10.0. The summed E-state index contributed by atoms with van der Waals surface area (Å²) in [5, 5.41) is 5.29. The van der Waals surface area contributed by atoms with Crippen molar-refractivity contribution in [2.45, 2.75) is 38.2 Å². The number of nitrogens with one attached hydrogen (secondary N) is 1. The first-order chi connectivity index (χ1) is 15.9. The van der Waals surface area contributed by atoms with Gasteiger partial charge in [-0.25, -0.2) is 4.39 Å².